The van der Waals surface area contributed by atoms with Crippen LogP contribution in [0.2, 0.25) is 0 Å². The molecule has 0 radical (unpaired) electrons. The fraction of sp³-hybridized carbons (Fsp3) is 0.400. The molecule has 2 aliphatic rings. The van der Waals surface area contributed by atoms with Gasteiger partial charge in [0.05, 0.1) is 5.56 Å². The Morgan fingerprint density at radius 1 is 0.453 bits per heavy atom. The predicted octanol–water partition coefficient (Wildman–Crippen LogP) is 13.8. The van der Waals surface area contributed by atoms with Gasteiger partial charge >= 0.3 is 12.7 Å². The Balaban J connectivity index is 0.000000204. The minimum Gasteiger partial charge on any atom is -0.403 e. The van der Waals surface area contributed by atoms with Crippen molar-refractivity contribution in [3.63, 3.8) is 0 Å². The quantitative estimate of drug-likeness (QED) is 0.182. The average molecular weight is 759 g/mol. The summed E-state index contributed by atoms with van der Waals surface area (Å²) in [5.74, 6) is -5.11. The van der Waals surface area contributed by atoms with Crippen LogP contribution in [0.25, 0.3) is 22.3 Å². The molecule has 0 aliphatic heterocycles. The first kappa shape index (κ1) is 39.9. The van der Waals surface area contributed by atoms with Gasteiger partial charge in [-0.15, -0.1) is 26.3 Å². The highest BCUT2D eigenvalue weighted by molar-refractivity contribution is 5.67. The number of halogens is 11. The molecule has 0 unspecified atom stereocenters. The normalized spacial score (nSPS) is 20.7. The lowest BCUT2D eigenvalue weighted by atomic mass is 9.79. The summed E-state index contributed by atoms with van der Waals surface area (Å²) in [6.07, 6.45) is -2.13. The van der Waals surface area contributed by atoms with Crippen molar-refractivity contribution in [3.05, 3.63) is 107 Å². The van der Waals surface area contributed by atoms with E-state index in [-0.39, 0.29) is 22.6 Å². The number of rotatable bonds is 6. The van der Waals surface area contributed by atoms with Crippen LogP contribution in [-0.2, 0) is 0 Å². The van der Waals surface area contributed by atoms with E-state index in [0.29, 0.717) is 35.4 Å². The number of benzene rings is 4. The summed E-state index contributed by atoms with van der Waals surface area (Å²) < 4.78 is 152. The monoisotopic (exact) mass is 758 g/mol. The van der Waals surface area contributed by atoms with E-state index >= 15 is 0 Å². The first-order valence-electron chi connectivity index (χ1n) is 17.3. The van der Waals surface area contributed by atoms with Crippen molar-refractivity contribution in [3.8, 4) is 33.8 Å². The van der Waals surface area contributed by atoms with Crippen molar-refractivity contribution in [1.29, 1.82) is 0 Å². The highest BCUT2D eigenvalue weighted by Gasteiger charge is 2.33. The zero-order valence-corrected chi connectivity index (χ0v) is 28.8. The van der Waals surface area contributed by atoms with Gasteiger partial charge in [-0.3, -0.25) is 0 Å². The Labute approximate surface area is 299 Å². The van der Waals surface area contributed by atoms with Crippen LogP contribution in [-0.4, -0.2) is 12.7 Å². The van der Waals surface area contributed by atoms with E-state index in [0.717, 1.165) is 75.1 Å². The zero-order valence-electron chi connectivity index (χ0n) is 28.8. The molecule has 6 rings (SSSR count). The van der Waals surface area contributed by atoms with Gasteiger partial charge in [-0.25, -0.2) is 22.0 Å². The lowest BCUT2D eigenvalue weighted by Gasteiger charge is -2.26. The molecule has 4 aromatic carbocycles. The summed E-state index contributed by atoms with van der Waals surface area (Å²) in [5.41, 5.74) is 1.11. The molecule has 0 amide bonds. The summed E-state index contributed by atoms with van der Waals surface area (Å²) in [7, 11) is 0. The molecule has 13 heteroatoms. The topological polar surface area (TPSA) is 18.5 Å². The highest BCUT2D eigenvalue weighted by Crippen LogP contribution is 2.40. The molecule has 4 aromatic rings. The van der Waals surface area contributed by atoms with Crippen LogP contribution in [0.3, 0.4) is 0 Å². The Hall–Kier alpha value is -4.29. The largest absolute Gasteiger partial charge is 0.573 e. The van der Waals surface area contributed by atoms with E-state index in [1.165, 1.54) is 24.3 Å². The molecule has 0 saturated heterocycles. The van der Waals surface area contributed by atoms with Gasteiger partial charge in [0, 0.05) is 5.56 Å². The van der Waals surface area contributed by atoms with E-state index < -0.39 is 58.9 Å². The van der Waals surface area contributed by atoms with Crippen LogP contribution >= 0.6 is 0 Å². The predicted molar refractivity (Wildman–Crippen MR) is 178 cm³/mol. The van der Waals surface area contributed by atoms with Crippen molar-refractivity contribution in [2.45, 2.75) is 89.8 Å². The zero-order chi connectivity index (χ0) is 38.7. The third kappa shape index (κ3) is 10.7. The average Bonchev–Trinajstić information content (AvgIpc) is 3.06. The van der Waals surface area contributed by atoms with Crippen molar-refractivity contribution < 1.29 is 57.8 Å². The number of ether oxygens (including phenoxy) is 2. The lowest BCUT2D eigenvalue weighted by molar-refractivity contribution is -0.276. The van der Waals surface area contributed by atoms with Crippen LogP contribution in [0.15, 0.2) is 66.7 Å². The van der Waals surface area contributed by atoms with Crippen LogP contribution in [0.5, 0.6) is 11.5 Å². The van der Waals surface area contributed by atoms with Crippen molar-refractivity contribution >= 4 is 0 Å². The van der Waals surface area contributed by atoms with E-state index in [4.69, 9.17) is 0 Å². The first-order chi connectivity index (χ1) is 24.9. The van der Waals surface area contributed by atoms with Gasteiger partial charge in [0.1, 0.15) is 17.5 Å². The van der Waals surface area contributed by atoms with E-state index in [1.807, 2.05) is 6.07 Å². The minimum atomic E-state index is -5.06. The maximum atomic E-state index is 14.6. The van der Waals surface area contributed by atoms with Crippen LogP contribution in [0.4, 0.5) is 48.3 Å². The van der Waals surface area contributed by atoms with Gasteiger partial charge in [-0.1, -0.05) is 63.8 Å². The third-order valence-corrected chi connectivity index (χ3v) is 9.95. The fourth-order valence-electron chi connectivity index (χ4n) is 7.05. The van der Waals surface area contributed by atoms with Gasteiger partial charge in [-0.05, 0) is 114 Å². The van der Waals surface area contributed by atoms with E-state index in [9.17, 15) is 48.3 Å². The maximum absolute atomic E-state index is 14.6. The molecule has 0 bridgehead atoms. The standard InChI is InChI=1S/C20H18F6O.C20H19F5O/c1-11-2-4-12(5-3-11)14-9-16(22)19(17(23)10-14)13-6-7-18(15(21)8-13)27-20(24,25)26;1-12-2-4-13(5-3-12)14-6-8-16(17(21)10-14)15-7-9-19(18(22)11-15)26-20(23,24)25/h6-12H,2-5H2,1H3;6-13H,2-5H2,1H3. The second-order valence-electron chi connectivity index (χ2n) is 13.9. The molecule has 0 heterocycles. The van der Waals surface area contributed by atoms with Gasteiger partial charge < -0.3 is 9.47 Å². The molecular formula is C40H37F11O2. The van der Waals surface area contributed by atoms with Gasteiger partial charge in [0.15, 0.2) is 23.1 Å². The Bertz CT molecular complexity index is 1850. The molecule has 0 aromatic heterocycles. The smallest absolute Gasteiger partial charge is 0.403 e. The van der Waals surface area contributed by atoms with Crippen LogP contribution in [0, 0.1) is 40.9 Å². The van der Waals surface area contributed by atoms with Crippen molar-refractivity contribution in [1.82, 2.24) is 0 Å². The summed E-state index contributed by atoms with van der Waals surface area (Å²) in [5, 5.41) is 0. The van der Waals surface area contributed by atoms with Crippen molar-refractivity contribution in [2.75, 3.05) is 0 Å². The van der Waals surface area contributed by atoms with Crippen LogP contribution in [0.1, 0.15) is 88.2 Å². The Morgan fingerprint density at radius 3 is 1.30 bits per heavy atom. The fourth-order valence-corrected chi connectivity index (χ4v) is 7.05. The van der Waals surface area contributed by atoms with Crippen molar-refractivity contribution in [2.24, 2.45) is 11.8 Å². The summed E-state index contributed by atoms with van der Waals surface area (Å²) in [6.45, 7) is 4.35. The SMILES string of the molecule is CC1CCC(c2cc(F)c(-c3ccc(OC(F)(F)F)c(F)c3)c(F)c2)CC1.CC1CCC(c2ccc(-c3ccc(OC(F)(F)F)c(F)c3)c(F)c2)CC1. The summed E-state index contributed by atoms with van der Waals surface area (Å²) in [6, 6.07) is 12.5. The molecule has 2 nitrogen and oxygen atoms in total. The highest BCUT2D eigenvalue weighted by atomic mass is 19.4. The minimum absolute atomic E-state index is 0.0681. The number of alkyl halides is 6. The number of hydrogen-bond acceptors (Lipinski definition) is 2. The van der Waals surface area contributed by atoms with Crippen LogP contribution < -0.4 is 9.47 Å². The van der Waals surface area contributed by atoms with Gasteiger partial charge in [0.2, 0.25) is 0 Å². The molecule has 53 heavy (non-hydrogen) atoms. The summed E-state index contributed by atoms with van der Waals surface area (Å²) >= 11 is 0. The molecular weight excluding hydrogens is 721 g/mol. The van der Waals surface area contributed by atoms with Gasteiger partial charge in [0.25, 0.3) is 0 Å². The second-order valence-corrected chi connectivity index (χ2v) is 13.9. The molecule has 2 fully saturated rings. The van der Waals surface area contributed by atoms with Gasteiger partial charge in [-0.2, -0.15) is 0 Å². The maximum Gasteiger partial charge on any atom is 0.573 e. The second kappa shape index (κ2) is 16.4. The molecule has 2 saturated carbocycles. The summed E-state index contributed by atoms with van der Waals surface area (Å²) in [4.78, 5) is 0. The number of hydrogen-bond donors (Lipinski definition) is 0. The Morgan fingerprint density at radius 2 is 0.868 bits per heavy atom. The Kier molecular flexibility index (Phi) is 12.3. The van der Waals surface area contributed by atoms with E-state index in [2.05, 4.69) is 23.3 Å². The molecule has 2 aliphatic carbocycles. The molecule has 0 atom stereocenters. The van der Waals surface area contributed by atoms with E-state index in [1.54, 1.807) is 6.07 Å². The third-order valence-electron chi connectivity index (χ3n) is 9.95. The lowest BCUT2D eigenvalue weighted by Crippen LogP contribution is -2.17. The first-order valence-corrected chi connectivity index (χ1v) is 17.3. The molecule has 286 valence electrons. The molecule has 0 spiro atoms. The molecule has 0 N–H and O–H groups in total.